The van der Waals surface area contributed by atoms with E-state index in [1.807, 2.05) is 7.05 Å². The average Bonchev–Trinajstić information content (AvgIpc) is 2.68. The van der Waals surface area contributed by atoms with Crippen molar-refractivity contribution in [3.05, 3.63) is 0 Å². The van der Waals surface area contributed by atoms with E-state index >= 15 is 0 Å². The standard InChI is InChI=1S/C20H41N5O.HI/c1-5-24-10-7-18(8-11-24)6-9-22-20(21-4)23-16-19(17(2)3)25-12-14-26-15-13-25;/h17-19H,5-16H2,1-4H3,(H2,21,22,23);1H. The Labute approximate surface area is 183 Å². The molecule has 6 nitrogen and oxygen atoms in total. The lowest BCUT2D eigenvalue weighted by atomic mass is 9.93. The maximum atomic E-state index is 5.50. The predicted octanol–water partition coefficient (Wildman–Crippen LogP) is 2.25. The summed E-state index contributed by atoms with van der Waals surface area (Å²) >= 11 is 0. The molecule has 0 aromatic rings. The lowest BCUT2D eigenvalue weighted by Gasteiger charge is -2.37. The Hall–Kier alpha value is -0.120. The second kappa shape index (κ2) is 14.0. The highest BCUT2D eigenvalue weighted by Crippen LogP contribution is 2.19. The van der Waals surface area contributed by atoms with Crippen molar-refractivity contribution in [3.63, 3.8) is 0 Å². The molecule has 0 aliphatic carbocycles. The molecule has 2 fully saturated rings. The van der Waals surface area contributed by atoms with Crippen molar-refractivity contribution in [2.45, 2.75) is 46.1 Å². The molecule has 2 saturated heterocycles. The minimum absolute atomic E-state index is 0. The van der Waals surface area contributed by atoms with Gasteiger partial charge >= 0.3 is 0 Å². The number of halogens is 1. The molecule has 0 aromatic heterocycles. The van der Waals surface area contributed by atoms with Gasteiger partial charge in [0.15, 0.2) is 5.96 Å². The molecule has 27 heavy (non-hydrogen) atoms. The first kappa shape index (κ1) is 24.9. The number of nitrogens with zero attached hydrogens (tertiary/aromatic N) is 3. The SMILES string of the molecule is CCN1CCC(CCNC(=NC)NCC(C(C)C)N2CCOCC2)CC1.I. The molecule has 0 aromatic carbocycles. The minimum Gasteiger partial charge on any atom is -0.379 e. The second-order valence-corrected chi connectivity index (χ2v) is 8.01. The molecule has 1 unspecified atom stereocenters. The molecule has 0 saturated carbocycles. The van der Waals surface area contributed by atoms with Crippen molar-refractivity contribution >= 4 is 29.9 Å². The van der Waals surface area contributed by atoms with Crippen LogP contribution in [-0.2, 0) is 4.74 Å². The molecule has 0 bridgehead atoms. The third kappa shape index (κ3) is 8.83. The summed E-state index contributed by atoms with van der Waals surface area (Å²) in [5.74, 6) is 2.41. The molecular formula is C20H42IN5O. The van der Waals surface area contributed by atoms with Gasteiger partial charge in [-0.15, -0.1) is 24.0 Å². The van der Waals surface area contributed by atoms with E-state index in [1.165, 1.54) is 38.9 Å². The topological polar surface area (TPSA) is 52.1 Å². The Morgan fingerprint density at radius 1 is 1.11 bits per heavy atom. The van der Waals surface area contributed by atoms with E-state index in [-0.39, 0.29) is 24.0 Å². The van der Waals surface area contributed by atoms with Crippen LogP contribution in [0.2, 0.25) is 0 Å². The first-order chi connectivity index (χ1) is 12.6. The van der Waals surface area contributed by atoms with E-state index in [2.05, 4.69) is 46.2 Å². The number of hydrogen-bond acceptors (Lipinski definition) is 4. The van der Waals surface area contributed by atoms with Crippen LogP contribution >= 0.6 is 24.0 Å². The van der Waals surface area contributed by atoms with Crippen molar-refractivity contribution < 1.29 is 4.74 Å². The van der Waals surface area contributed by atoms with E-state index < -0.39 is 0 Å². The fourth-order valence-electron chi connectivity index (χ4n) is 4.10. The van der Waals surface area contributed by atoms with E-state index in [9.17, 15) is 0 Å². The zero-order valence-electron chi connectivity index (χ0n) is 17.9. The molecule has 2 N–H and O–H groups in total. The summed E-state index contributed by atoms with van der Waals surface area (Å²) in [5.41, 5.74) is 0. The minimum atomic E-state index is 0. The number of ether oxygens (including phenoxy) is 1. The number of guanidine groups is 1. The van der Waals surface area contributed by atoms with Crippen LogP contribution in [0.1, 0.15) is 40.0 Å². The second-order valence-electron chi connectivity index (χ2n) is 8.01. The third-order valence-corrected chi connectivity index (χ3v) is 5.99. The Kier molecular flexibility index (Phi) is 12.9. The molecular weight excluding hydrogens is 453 g/mol. The molecule has 2 rings (SSSR count). The Morgan fingerprint density at radius 3 is 2.33 bits per heavy atom. The van der Waals surface area contributed by atoms with E-state index in [0.717, 1.165) is 51.3 Å². The van der Waals surface area contributed by atoms with Crippen molar-refractivity contribution in [3.8, 4) is 0 Å². The van der Waals surface area contributed by atoms with Crippen LogP contribution in [0.4, 0.5) is 0 Å². The zero-order valence-corrected chi connectivity index (χ0v) is 20.2. The van der Waals surface area contributed by atoms with Crippen LogP contribution in [-0.4, -0.2) is 87.9 Å². The van der Waals surface area contributed by atoms with E-state index in [1.54, 1.807) is 0 Å². The van der Waals surface area contributed by atoms with Gasteiger partial charge in [0.1, 0.15) is 0 Å². The van der Waals surface area contributed by atoms with Crippen LogP contribution < -0.4 is 10.6 Å². The first-order valence-corrected chi connectivity index (χ1v) is 10.6. The first-order valence-electron chi connectivity index (χ1n) is 10.6. The van der Waals surface area contributed by atoms with Crippen LogP contribution in [0.3, 0.4) is 0 Å². The van der Waals surface area contributed by atoms with Gasteiger partial charge < -0.3 is 20.3 Å². The zero-order chi connectivity index (χ0) is 18.8. The fourth-order valence-corrected chi connectivity index (χ4v) is 4.10. The summed E-state index contributed by atoms with van der Waals surface area (Å²) in [5, 5.41) is 7.07. The molecule has 0 radical (unpaired) electrons. The fraction of sp³-hybridized carbons (Fsp3) is 0.950. The van der Waals surface area contributed by atoms with Crippen LogP contribution in [0.15, 0.2) is 4.99 Å². The van der Waals surface area contributed by atoms with Crippen LogP contribution in [0.25, 0.3) is 0 Å². The molecule has 0 amide bonds. The monoisotopic (exact) mass is 495 g/mol. The highest BCUT2D eigenvalue weighted by molar-refractivity contribution is 14.0. The van der Waals surface area contributed by atoms with Gasteiger partial charge in [0.25, 0.3) is 0 Å². The van der Waals surface area contributed by atoms with Gasteiger partial charge in [-0.05, 0) is 50.7 Å². The quantitative estimate of drug-likeness (QED) is 0.308. The van der Waals surface area contributed by atoms with Gasteiger partial charge in [0.2, 0.25) is 0 Å². The average molecular weight is 495 g/mol. The highest BCUT2D eigenvalue weighted by Gasteiger charge is 2.24. The lowest BCUT2D eigenvalue weighted by Crippen LogP contribution is -2.52. The van der Waals surface area contributed by atoms with Gasteiger partial charge in [-0.2, -0.15) is 0 Å². The maximum Gasteiger partial charge on any atom is 0.191 e. The number of likely N-dealkylation sites (tertiary alicyclic amines) is 1. The molecule has 7 heteroatoms. The van der Waals surface area contributed by atoms with Crippen molar-refractivity contribution in [2.75, 3.05) is 66.1 Å². The van der Waals surface area contributed by atoms with E-state index in [4.69, 9.17) is 4.74 Å². The number of rotatable bonds is 8. The van der Waals surface area contributed by atoms with E-state index in [0.29, 0.717) is 12.0 Å². The summed E-state index contributed by atoms with van der Waals surface area (Å²) in [6.45, 7) is 16.3. The predicted molar refractivity (Wildman–Crippen MR) is 125 cm³/mol. The smallest absolute Gasteiger partial charge is 0.191 e. The summed E-state index contributed by atoms with van der Waals surface area (Å²) in [6.07, 6.45) is 3.93. The summed E-state index contributed by atoms with van der Waals surface area (Å²) < 4.78 is 5.50. The maximum absolute atomic E-state index is 5.50. The highest BCUT2D eigenvalue weighted by atomic mass is 127. The lowest BCUT2D eigenvalue weighted by molar-refractivity contribution is 0.00752. The van der Waals surface area contributed by atoms with Gasteiger partial charge in [0, 0.05) is 39.3 Å². The number of piperidine rings is 1. The molecule has 2 aliphatic heterocycles. The molecule has 2 heterocycles. The normalized spacial score (nSPS) is 21.7. The Bertz CT molecular complexity index is 407. The van der Waals surface area contributed by atoms with Crippen LogP contribution in [0.5, 0.6) is 0 Å². The summed E-state index contributed by atoms with van der Waals surface area (Å²) in [6, 6.07) is 0.524. The molecule has 2 aliphatic rings. The Morgan fingerprint density at radius 2 is 1.78 bits per heavy atom. The summed E-state index contributed by atoms with van der Waals surface area (Å²) in [4.78, 5) is 9.52. The third-order valence-electron chi connectivity index (χ3n) is 5.99. The van der Waals surface area contributed by atoms with Crippen molar-refractivity contribution in [1.29, 1.82) is 0 Å². The number of aliphatic imine (C=N–C) groups is 1. The van der Waals surface area contributed by atoms with Gasteiger partial charge in [-0.25, -0.2) is 0 Å². The van der Waals surface area contributed by atoms with Crippen LogP contribution in [0, 0.1) is 11.8 Å². The number of hydrogen-bond donors (Lipinski definition) is 2. The van der Waals surface area contributed by atoms with Gasteiger partial charge in [0.05, 0.1) is 13.2 Å². The van der Waals surface area contributed by atoms with Crippen molar-refractivity contribution in [1.82, 2.24) is 20.4 Å². The number of morpholine rings is 1. The van der Waals surface area contributed by atoms with Gasteiger partial charge in [-0.3, -0.25) is 9.89 Å². The molecule has 160 valence electrons. The number of nitrogens with one attached hydrogen (secondary N) is 2. The molecule has 1 atom stereocenters. The molecule has 0 spiro atoms. The largest absolute Gasteiger partial charge is 0.379 e. The van der Waals surface area contributed by atoms with Gasteiger partial charge in [-0.1, -0.05) is 20.8 Å². The van der Waals surface area contributed by atoms with Crippen molar-refractivity contribution in [2.24, 2.45) is 16.8 Å². The Balaban J connectivity index is 0.00000364. The summed E-state index contributed by atoms with van der Waals surface area (Å²) in [7, 11) is 1.87.